The number of esters is 1. The summed E-state index contributed by atoms with van der Waals surface area (Å²) in [5.74, 6) is -1.78. The molecule has 200 valence electrons. The zero-order valence-corrected chi connectivity index (χ0v) is 22.5. The summed E-state index contributed by atoms with van der Waals surface area (Å²) >= 11 is 0. The van der Waals surface area contributed by atoms with Crippen molar-refractivity contribution in [3.8, 4) is 5.75 Å². The van der Waals surface area contributed by atoms with Crippen LogP contribution in [0.5, 0.6) is 5.75 Å². The van der Waals surface area contributed by atoms with Gasteiger partial charge in [0.15, 0.2) is 0 Å². The number of ether oxygens (including phenoxy) is 1. The highest BCUT2D eigenvalue weighted by molar-refractivity contribution is 7.93. The highest BCUT2D eigenvalue weighted by Crippen LogP contribution is 2.37. The molecular formula is C32H24FNO5S. The number of sulfonamides is 1. The summed E-state index contributed by atoms with van der Waals surface area (Å²) < 4.78 is 47.9. The van der Waals surface area contributed by atoms with Crippen LogP contribution in [0.4, 0.5) is 10.1 Å². The number of rotatable bonds is 6. The Balaban J connectivity index is 1.66. The number of benzene rings is 5. The second-order valence-electron chi connectivity index (χ2n) is 9.28. The molecule has 0 aromatic heterocycles. The fourth-order valence-electron chi connectivity index (χ4n) is 4.24. The first kappa shape index (κ1) is 26.8. The fraction of sp³-hybridized carbons (Fsp3) is 0.0625. The van der Waals surface area contributed by atoms with Gasteiger partial charge in [-0.2, -0.15) is 4.31 Å². The number of carbonyl (C=O) groups excluding carboxylic acids is 2. The number of hydrogen-bond acceptors (Lipinski definition) is 5. The number of nitrogens with zero attached hydrogens (tertiary/aromatic N) is 1. The first-order chi connectivity index (χ1) is 19.1. The predicted octanol–water partition coefficient (Wildman–Crippen LogP) is 6.85. The van der Waals surface area contributed by atoms with E-state index in [1.165, 1.54) is 12.1 Å². The third kappa shape index (κ3) is 5.21. The minimum Gasteiger partial charge on any atom is -0.422 e. The van der Waals surface area contributed by atoms with Crippen molar-refractivity contribution in [2.24, 2.45) is 0 Å². The lowest BCUT2D eigenvalue weighted by Gasteiger charge is -2.25. The average Bonchev–Trinajstić information content (AvgIpc) is 2.95. The number of fused-ring (bicyclic) bond motifs is 1. The van der Waals surface area contributed by atoms with Crippen molar-refractivity contribution < 1.29 is 27.1 Å². The van der Waals surface area contributed by atoms with Crippen LogP contribution in [-0.2, 0) is 10.0 Å². The molecule has 0 atom stereocenters. The minimum atomic E-state index is -4.49. The summed E-state index contributed by atoms with van der Waals surface area (Å²) in [6.07, 6.45) is 0. The van der Waals surface area contributed by atoms with Gasteiger partial charge in [0.25, 0.3) is 15.9 Å². The van der Waals surface area contributed by atoms with E-state index in [9.17, 15) is 22.4 Å². The van der Waals surface area contributed by atoms with Gasteiger partial charge >= 0.3 is 5.97 Å². The highest BCUT2D eigenvalue weighted by Gasteiger charge is 2.33. The topological polar surface area (TPSA) is 80.8 Å². The Morgan fingerprint density at radius 1 is 0.675 bits per heavy atom. The molecule has 0 bridgehead atoms. The molecule has 6 nitrogen and oxygen atoms in total. The van der Waals surface area contributed by atoms with Crippen LogP contribution in [0.15, 0.2) is 114 Å². The molecule has 5 aromatic carbocycles. The lowest BCUT2D eigenvalue weighted by Crippen LogP contribution is -2.37. The van der Waals surface area contributed by atoms with E-state index in [-0.39, 0.29) is 21.9 Å². The van der Waals surface area contributed by atoms with E-state index in [1.807, 2.05) is 13.8 Å². The summed E-state index contributed by atoms with van der Waals surface area (Å²) in [6, 6.07) is 27.3. The van der Waals surface area contributed by atoms with Gasteiger partial charge in [-0.1, -0.05) is 59.7 Å². The second kappa shape index (κ2) is 10.7. The van der Waals surface area contributed by atoms with Gasteiger partial charge in [0, 0.05) is 16.3 Å². The van der Waals surface area contributed by atoms with Crippen molar-refractivity contribution >= 4 is 38.4 Å². The molecule has 1 amide bonds. The number of aryl methyl sites for hydroxylation is 2. The molecule has 5 rings (SSSR count). The number of halogens is 1. The molecule has 0 aliphatic heterocycles. The van der Waals surface area contributed by atoms with Crippen LogP contribution in [0, 0.1) is 19.7 Å². The lowest BCUT2D eigenvalue weighted by atomic mass is 10.1. The number of amides is 1. The maximum absolute atomic E-state index is 13.9. The molecule has 0 radical (unpaired) electrons. The molecule has 0 aliphatic carbocycles. The summed E-state index contributed by atoms with van der Waals surface area (Å²) in [6.45, 7) is 3.76. The Kier molecular flexibility index (Phi) is 7.19. The first-order valence-electron chi connectivity index (χ1n) is 12.4. The summed E-state index contributed by atoms with van der Waals surface area (Å²) in [5.41, 5.74) is 2.45. The van der Waals surface area contributed by atoms with Crippen LogP contribution in [0.25, 0.3) is 10.8 Å². The van der Waals surface area contributed by atoms with Crippen molar-refractivity contribution in [2.45, 2.75) is 18.7 Å². The Labute approximate surface area is 231 Å². The maximum atomic E-state index is 13.9. The van der Waals surface area contributed by atoms with Crippen LogP contribution in [-0.4, -0.2) is 20.3 Å². The van der Waals surface area contributed by atoms with Crippen LogP contribution in [0.2, 0.25) is 0 Å². The van der Waals surface area contributed by atoms with Gasteiger partial charge in [-0.3, -0.25) is 4.79 Å². The molecule has 40 heavy (non-hydrogen) atoms. The van der Waals surface area contributed by atoms with Crippen molar-refractivity contribution in [3.63, 3.8) is 0 Å². The summed E-state index contributed by atoms with van der Waals surface area (Å²) in [4.78, 5) is 26.5. The molecular weight excluding hydrogens is 529 g/mol. The number of anilines is 1. The molecule has 0 N–H and O–H groups in total. The SMILES string of the molecule is Cc1ccc(C(=O)Oc2ccc(N(C(=O)c3ccc(C)cc3)S(=O)(=O)c3ccc(F)cc3)c3ccccc23)cc1. The van der Waals surface area contributed by atoms with Gasteiger partial charge < -0.3 is 4.74 Å². The minimum absolute atomic E-state index is 0.0561. The van der Waals surface area contributed by atoms with Crippen molar-refractivity contribution in [1.29, 1.82) is 0 Å². The van der Waals surface area contributed by atoms with Crippen LogP contribution >= 0.6 is 0 Å². The third-order valence-corrected chi connectivity index (χ3v) is 8.12. The van der Waals surface area contributed by atoms with E-state index in [4.69, 9.17) is 4.74 Å². The van der Waals surface area contributed by atoms with Crippen molar-refractivity contribution in [2.75, 3.05) is 4.31 Å². The summed E-state index contributed by atoms with van der Waals surface area (Å²) in [7, 11) is -4.49. The van der Waals surface area contributed by atoms with Crippen LogP contribution in [0.3, 0.4) is 0 Å². The highest BCUT2D eigenvalue weighted by atomic mass is 32.2. The van der Waals surface area contributed by atoms with Gasteiger partial charge in [-0.25, -0.2) is 17.6 Å². The van der Waals surface area contributed by atoms with E-state index in [1.54, 1.807) is 72.8 Å². The number of hydrogen-bond donors (Lipinski definition) is 0. The fourth-order valence-corrected chi connectivity index (χ4v) is 5.68. The van der Waals surface area contributed by atoms with E-state index >= 15 is 0 Å². The van der Waals surface area contributed by atoms with Crippen LogP contribution in [0.1, 0.15) is 31.8 Å². The molecule has 0 fully saturated rings. The Morgan fingerprint density at radius 2 is 1.23 bits per heavy atom. The van der Waals surface area contributed by atoms with E-state index in [2.05, 4.69) is 0 Å². The maximum Gasteiger partial charge on any atom is 0.343 e. The predicted molar refractivity (Wildman–Crippen MR) is 152 cm³/mol. The Bertz CT molecular complexity index is 1830. The van der Waals surface area contributed by atoms with E-state index < -0.39 is 27.7 Å². The van der Waals surface area contributed by atoms with Gasteiger partial charge in [0.2, 0.25) is 0 Å². The van der Waals surface area contributed by atoms with E-state index in [0.717, 1.165) is 35.4 Å². The largest absolute Gasteiger partial charge is 0.422 e. The Morgan fingerprint density at radius 3 is 1.82 bits per heavy atom. The molecule has 0 spiro atoms. The van der Waals surface area contributed by atoms with Gasteiger partial charge in [0.1, 0.15) is 11.6 Å². The molecule has 0 unspecified atom stereocenters. The smallest absolute Gasteiger partial charge is 0.343 e. The standard InChI is InChI=1S/C32H24FNO5S/c1-21-7-11-23(12-8-21)31(35)34(40(37,38)26-17-15-25(33)16-18-26)29-19-20-30(28-6-4-3-5-27(28)29)39-32(36)24-13-9-22(2)10-14-24/h3-20H,1-2H3. The van der Waals surface area contributed by atoms with Crippen LogP contribution < -0.4 is 9.04 Å². The van der Waals surface area contributed by atoms with Crippen molar-refractivity contribution in [3.05, 3.63) is 137 Å². The van der Waals surface area contributed by atoms with Gasteiger partial charge in [-0.15, -0.1) is 0 Å². The van der Waals surface area contributed by atoms with Gasteiger partial charge in [0.05, 0.1) is 16.1 Å². The van der Waals surface area contributed by atoms with Gasteiger partial charge in [-0.05, 0) is 74.5 Å². The average molecular weight is 554 g/mol. The zero-order valence-electron chi connectivity index (χ0n) is 21.7. The lowest BCUT2D eigenvalue weighted by molar-refractivity contribution is 0.0736. The monoisotopic (exact) mass is 553 g/mol. The normalized spacial score (nSPS) is 11.3. The molecule has 8 heteroatoms. The molecule has 5 aromatic rings. The Hall–Kier alpha value is -4.82. The zero-order chi connectivity index (χ0) is 28.4. The first-order valence-corrected chi connectivity index (χ1v) is 13.8. The quantitative estimate of drug-likeness (QED) is 0.170. The van der Waals surface area contributed by atoms with Crippen molar-refractivity contribution in [1.82, 2.24) is 0 Å². The second-order valence-corrected chi connectivity index (χ2v) is 11.1. The molecule has 0 saturated heterocycles. The number of carbonyl (C=O) groups is 2. The van der Waals surface area contributed by atoms with E-state index in [0.29, 0.717) is 20.6 Å². The molecule has 0 aliphatic rings. The third-order valence-electron chi connectivity index (χ3n) is 6.40. The summed E-state index contributed by atoms with van der Waals surface area (Å²) in [5, 5.41) is 0.791. The molecule has 0 saturated carbocycles. The molecule has 0 heterocycles.